The van der Waals surface area contributed by atoms with Crippen molar-refractivity contribution in [1.29, 1.82) is 0 Å². The Bertz CT molecular complexity index is 87.4. The van der Waals surface area contributed by atoms with Crippen LogP contribution in [0.25, 0.3) is 0 Å². The van der Waals surface area contributed by atoms with Crippen LogP contribution in [0.15, 0.2) is 0 Å². The Labute approximate surface area is 66.0 Å². The van der Waals surface area contributed by atoms with E-state index in [1.165, 1.54) is 12.8 Å². The van der Waals surface area contributed by atoms with E-state index in [-0.39, 0.29) is 0 Å². The van der Waals surface area contributed by atoms with Gasteiger partial charge < -0.3 is 0 Å². The molecule has 0 spiro atoms. The van der Waals surface area contributed by atoms with E-state index in [9.17, 15) is 0 Å². The van der Waals surface area contributed by atoms with Crippen molar-refractivity contribution in [3.63, 3.8) is 0 Å². The molecule has 0 nitrogen and oxygen atoms in total. The molecule has 0 aromatic carbocycles. The van der Waals surface area contributed by atoms with Crippen molar-refractivity contribution in [2.24, 2.45) is 0 Å². The molecule has 1 aliphatic heterocycles. The molecule has 0 aromatic heterocycles. The van der Waals surface area contributed by atoms with Crippen molar-refractivity contribution in [3.05, 3.63) is 0 Å². The zero-order valence-corrected chi connectivity index (χ0v) is 8.45. The second-order valence-corrected chi connectivity index (χ2v) is 9.24. The van der Waals surface area contributed by atoms with Crippen LogP contribution in [0, 0.1) is 0 Å². The largest absolute Gasteiger partial charge is 0.0691 e. The zero-order chi connectivity index (χ0) is 7.45. The third-order valence-electron chi connectivity index (χ3n) is 2.91. The molecule has 0 aromatic rings. The molecule has 1 saturated heterocycles. The summed E-state index contributed by atoms with van der Waals surface area (Å²) in [6.45, 7) is 4.95. The summed E-state index contributed by atoms with van der Waals surface area (Å²) in [5.74, 6) is 0. The van der Waals surface area contributed by atoms with Gasteiger partial charge in [0.25, 0.3) is 0 Å². The minimum atomic E-state index is -0.637. The van der Waals surface area contributed by atoms with Gasteiger partial charge in [0.05, 0.1) is 8.07 Å². The fraction of sp³-hybridized carbons (Fsp3) is 1.00. The Hall–Kier alpha value is 0.217. The highest BCUT2D eigenvalue weighted by atomic mass is 28.3. The standard InChI is InChI=1S/C9H20Si/c1-3-7-10(2)8-5-4-6-9-10/h3-9H2,1-2H3. The van der Waals surface area contributed by atoms with E-state index in [0.717, 1.165) is 0 Å². The molecule has 0 N–H and O–H groups in total. The van der Waals surface area contributed by atoms with E-state index < -0.39 is 8.07 Å². The lowest BCUT2D eigenvalue weighted by Gasteiger charge is -2.31. The third kappa shape index (κ3) is 2.12. The van der Waals surface area contributed by atoms with Gasteiger partial charge in [-0.3, -0.25) is 0 Å². The van der Waals surface area contributed by atoms with Gasteiger partial charge in [0.2, 0.25) is 0 Å². The van der Waals surface area contributed by atoms with Crippen LogP contribution in [0.1, 0.15) is 32.6 Å². The van der Waals surface area contributed by atoms with Crippen LogP contribution in [-0.2, 0) is 0 Å². The predicted molar refractivity (Wildman–Crippen MR) is 50.2 cm³/mol. The molecule has 0 amide bonds. The molecule has 0 atom stereocenters. The van der Waals surface area contributed by atoms with Crippen LogP contribution in [0.3, 0.4) is 0 Å². The normalized spacial score (nSPS) is 24.6. The molecule has 60 valence electrons. The SMILES string of the molecule is CCC[Si]1(C)CCCCC1. The van der Waals surface area contributed by atoms with Gasteiger partial charge in [-0.2, -0.15) is 0 Å². The van der Waals surface area contributed by atoms with Crippen LogP contribution in [0.5, 0.6) is 0 Å². The fourth-order valence-corrected chi connectivity index (χ4v) is 6.42. The van der Waals surface area contributed by atoms with Crippen molar-refractivity contribution < 1.29 is 0 Å². The zero-order valence-electron chi connectivity index (χ0n) is 7.45. The van der Waals surface area contributed by atoms with Crippen LogP contribution in [-0.4, -0.2) is 8.07 Å². The molecule has 1 fully saturated rings. The van der Waals surface area contributed by atoms with Crippen molar-refractivity contribution in [2.45, 2.75) is 57.3 Å². The highest BCUT2D eigenvalue weighted by Crippen LogP contribution is 2.32. The Morgan fingerprint density at radius 3 is 2.20 bits per heavy atom. The molecule has 0 saturated carbocycles. The molecule has 0 bridgehead atoms. The van der Waals surface area contributed by atoms with Crippen molar-refractivity contribution in [3.8, 4) is 0 Å². The molecule has 1 heterocycles. The first-order valence-corrected chi connectivity index (χ1v) is 7.89. The van der Waals surface area contributed by atoms with Crippen LogP contribution < -0.4 is 0 Å². The van der Waals surface area contributed by atoms with Crippen LogP contribution >= 0.6 is 0 Å². The van der Waals surface area contributed by atoms with Gasteiger partial charge in [-0.1, -0.05) is 57.3 Å². The first kappa shape index (κ1) is 8.31. The molecule has 0 radical (unpaired) electrons. The van der Waals surface area contributed by atoms with Gasteiger partial charge >= 0.3 is 0 Å². The van der Waals surface area contributed by atoms with Crippen molar-refractivity contribution >= 4 is 8.07 Å². The quantitative estimate of drug-likeness (QED) is 0.535. The second-order valence-electron chi connectivity index (χ2n) is 4.12. The van der Waals surface area contributed by atoms with Gasteiger partial charge in [0.1, 0.15) is 0 Å². The molecule has 0 unspecified atom stereocenters. The van der Waals surface area contributed by atoms with E-state index in [1.54, 1.807) is 31.0 Å². The van der Waals surface area contributed by atoms with E-state index in [0.29, 0.717) is 0 Å². The molecule has 1 heteroatoms. The Balaban J connectivity index is 2.32. The maximum atomic E-state index is 2.61. The maximum absolute atomic E-state index is 2.61. The molecular weight excluding hydrogens is 136 g/mol. The van der Waals surface area contributed by atoms with Gasteiger partial charge in [0, 0.05) is 0 Å². The molecule has 1 rings (SSSR count). The Morgan fingerprint density at radius 1 is 1.10 bits per heavy atom. The summed E-state index contributed by atoms with van der Waals surface area (Å²) in [4.78, 5) is 0. The number of hydrogen-bond acceptors (Lipinski definition) is 0. The first-order valence-electron chi connectivity index (χ1n) is 4.77. The number of hydrogen-bond donors (Lipinski definition) is 0. The van der Waals surface area contributed by atoms with E-state index in [1.807, 2.05) is 0 Å². The van der Waals surface area contributed by atoms with Gasteiger partial charge in [-0.15, -0.1) is 0 Å². The lowest BCUT2D eigenvalue weighted by Crippen LogP contribution is -2.31. The molecule has 1 aliphatic rings. The summed E-state index contributed by atoms with van der Waals surface area (Å²) in [6, 6.07) is 4.84. The lowest BCUT2D eigenvalue weighted by molar-refractivity contribution is 0.704. The van der Waals surface area contributed by atoms with Gasteiger partial charge in [-0.25, -0.2) is 0 Å². The van der Waals surface area contributed by atoms with Crippen molar-refractivity contribution in [2.75, 3.05) is 0 Å². The fourth-order valence-electron chi connectivity index (χ4n) is 2.26. The summed E-state index contributed by atoms with van der Waals surface area (Å²) in [7, 11) is -0.637. The number of rotatable bonds is 2. The minimum absolute atomic E-state index is 0.637. The molecular formula is C9H20Si. The summed E-state index contributed by atoms with van der Waals surface area (Å²) in [6.07, 6.45) is 6.04. The topological polar surface area (TPSA) is 0 Å². The van der Waals surface area contributed by atoms with Crippen LogP contribution in [0.4, 0.5) is 0 Å². The lowest BCUT2D eigenvalue weighted by atomic mass is 10.3. The van der Waals surface area contributed by atoms with Crippen LogP contribution in [0.2, 0.25) is 24.7 Å². The maximum Gasteiger partial charge on any atom is 0.0504 e. The Morgan fingerprint density at radius 2 is 1.70 bits per heavy atom. The monoisotopic (exact) mass is 156 g/mol. The van der Waals surface area contributed by atoms with Gasteiger partial charge in [0.15, 0.2) is 0 Å². The summed E-state index contributed by atoms with van der Waals surface area (Å²) >= 11 is 0. The molecule has 0 aliphatic carbocycles. The predicted octanol–water partition coefficient (Wildman–Crippen LogP) is 3.66. The van der Waals surface area contributed by atoms with E-state index in [2.05, 4.69) is 13.5 Å². The smallest absolute Gasteiger partial charge is 0.0504 e. The van der Waals surface area contributed by atoms with Crippen molar-refractivity contribution in [1.82, 2.24) is 0 Å². The second kappa shape index (κ2) is 3.56. The minimum Gasteiger partial charge on any atom is -0.0691 e. The first-order chi connectivity index (χ1) is 4.77. The average Bonchev–Trinajstić information content (AvgIpc) is 1.89. The Kier molecular flexibility index (Phi) is 2.96. The highest BCUT2D eigenvalue weighted by molar-refractivity contribution is 6.78. The third-order valence-corrected chi connectivity index (χ3v) is 7.74. The van der Waals surface area contributed by atoms with Gasteiger partial charge in [-0.05, 0) is 0 Å². The summed E-state index contributed by atoms with van der Waals surface area (Å²) < 4.78 is 0. The van der Waals surface area contributed by atoms with E-state index in [4.69, 9.17) is 0 Å². The highest BCUT2D eigenvalue weighted by Gasteiger charge is 2.27. The van der Waals surface area contributed by atoms with E-state index >= 15 is 0 Å². The average molecular weight is 156 g/mol. The summed E-state index contributed by atoms with van der Waals surface area (Å²) in [5, 5.41) is 0. The summed E-state index contributed by atoms with van der Waals surface area (Å²) in [5.41, 5.74) is 0. The molecule has 10 heavy (non-hydrogen) atoms.